The van der Waals surface area contributed by atoms with Gasteiger partial charge in [0.25, 0.3) is 0 Å². The number of allylic oxidation sites excluding steroid dienone is 4. The molecule has 16 rings (SSSR count). The van der Waals surface area contributed by atoms with Crippen LogP contribution in [0.1, 0.15) is 34.7 Å². The first kappa shape index (κ1) is 47.3. The molecule has 0 N–H and O–H groups in total. The zero-order valence-electron chi connectivity index (χ0n) is 45.0. The monoisotopic (exact) mass is 1050 g/mol. The van der Waals surface area contributed by atoms with Crippen molar-refractivity contribution in [3.05, 3.63) is 325 Å². The smallest absolute Gasteiger partial charge is 0.159 e. The van der Waals surface area contributed by atoms with Gasteiger partial charge in [-0.2, -0.15) is 0 Å². The van der Waals surface area contributed by atoms with Crippen molar-refractivity contribution < 1.29 is 8.83 Å². The van der Waals surface area contributed by atoms with Gasteiger partial charge >= 0.3 is 0 Å². The number of para-hydroxylation sites is 4. The molecule has 4 heteroatoms. The Hall–Kier alpha value is -10.7. The van der Waals surface area contributed by atoms with Crippen molar-refractivity contribution in [1.29, 1.82) is 0 Å². The van der Waals surface area contributed by atoms with Gasteiger partial charge in [0.1, 0.15) is 11.2 Å². The van der Waals surface area contributed by atoms with Crippen molar-refractivity contribution in [2.24, 2.45) is 0 Å². The van der Waals surface area contributed by atoms with Crippen LogP contribution in [0.2, 0.25) is 0 Å². The van der Waals surface area contributed by atoms with Crippen LogP contribution in [0.3, 0.4) is 0 Å². The maximum Gasteiger partial charge on any atom is 0.159 e. The largest absolute Gasteiger partial charge is 0.454 e. The van der Waals surface area contributed by atoms with E-state index >= 15 is 0 Å². The minimum Gasteiger partial charge on any atom is -0.454 e. The van der Waals surface area contributed by atoms with Crippen LogP contribution in [0.4, 0.5) is 34.1 Å². The zero-order chi connectivity index (χ0) is 54.3. The van der Waals surface area contributed by atoms with E-state index < -0.39 is 5.41 Å². The highest BCUT2D eigenvalue weighted by atomic mass is 16.3. The number of nitrogens with zero attached hydrogens (tertiary/aromatic N) is 2. The normalized spacial score (nSPS) is 13.2. The molecule has 0 atom stereocenters. The van der Waals surface area contributed by atoms with Gasteiger partial charge in [0.05, 0.1) is 28.2 Å². The summed E-state index contributed by atoms with van der Waals surface area (Å²) in [5, 5.41) is 11.3. The van der Waals surface area contributed by atoms with Crippen molar-refractivity contribution in [3.63, 3.8) is 0 Å². The fourth-order valence-electron chi connectivity index (χ4n) is 13.6. The van der Waals surface area contributed by atoms with Gasteiger partial charge in [-0.15, -0.1) is 0 Å². The Bertz CT molecular complexity index is 5020. The molecule has 2 aromatic heterocycles. The van der Waals surface area contributed by atoms with Crippen molar-refractivity contribution in [2.45, 2.75) is 12.3 Å². The molecule has 1 aliphatic rings. The van der Waals surface area contributed by atoms with Crippen LogP contribution in [0.15, 0.2) is 306 Å². The highest BCUT2D eigenvalue weighted by Gasteiger charge is 2.49. The van der Waals surface area contributed by atoms with Gasteiger partial charge in [-0.3, -0.25) is 0 Å². The third-order valence-corrected chi connectivity index (χ3v) is 17.0. The zero-order valence-corrected chi connectivity index (χ0v) is 45.0. The molecule has 82 heavy (non-hydrogen) atoms. The minimum atomic E-state index is -0.750. The molecule has 0 amide bonds. The van der Waals surface area contributed by atoms with Crippen LogP contribution < -0.4 is 9.80 Å². The van der Waals surface area contributed by atoms with E-state index in [0.29, 0.717) is 0 Å². The summed E-state index contributed by atoms with van der Waals surface area (Å²) in [4.78, 5) is 4.78. The molecule has 0 spiro atoms. The number of fused-ring (bicyclic) bond motifs is 11. The molecule has 15 aromatic rings. The van der Waals surface area contributed by atoms with Crippen LogP contribution in [0.25, 0.3) is 87.3 Å². The van der Waals surface area contributed by atoms with E-state index in [1.807, 2.05) is 12.1 Å². The first-order valence-corrected chi connectivity index (χ1v) is 28.2. The molecule has 0 radical (unpaired) electrons. The SMILES string of the molecule is C/C=C\C1=C(c2ccc(N(c3cccc4ccccc34)c3cccc4c3oc3ccccc34)cc2)C(c2ccccc2)(c2ccccc2)c2c1ccc1cc(N(c3cccc4ccccc34)c3cccc4c3oc3ccccc34)ccc21. The lowest BCUT2D eigenvalue weighted by Gasteiger charge is -2.37. The molecular formula is C78H52N2O2. The third kappa shape index (κ3) is 7.18. The van der Waals surface area contributed by atoms with E-state index in [0.717, 1.165) is 99.7 Å². The molecule has 0 unspecified atom stereocenters. The Morgan fingerprint density at radius 1 is 0.341 bits per heavy atom. The summed E-state index contributed by atoms with van der Waals surface area (Å²) < 4.78 is 13.6. The van der Waals surface area contributed by atoms with Gasteiger partial charge in [-0.25, -0.2) is 0 Å². The van der Waals surface area contributed by atoms with Gasteiger partial charge in [-0.05, 0) is 128 Å². The van der Waals surface area contributed by atoms with Gasteiger partial charge in [0.15, 0.2) is 11.2 Å². The second-order valence-electron chi connectivity index (χ2n) is 21.4. The summed E-state index contributed by atoms with van der Waals surface area (Å²) in [6, 6.07) is 104. The standard InChI is InChI=1S/C78H52N2O2/c1-2-21-64-65-48-44-54-50-58(80(69-37-18-25-52-23-10-12-31-60(52)69)71-39-20-35-67-63-33-14-16-41-73(63)82-77(67)71)47-49-61(54)75(65)78(55-26-5-3-6-27-55,56-28-7-4-8-29-56)74(64)53-42-45-57(46-43-53)79(68-36-17-24-51-22-9-11-30-59(51)68)70-38-19-34-66-62-32-13-15-40-72(62)81-76(66)70/h2-50H,1H3/b21-2-. The second-order valence-corrected chi connectivity index (χ2v) is 21.4. The maximum atomic E-state index is 6.83. The van der Waals surface area contributed by atoms with E-state index in [1.54, 1.807) is 0 Å². The lowest BCUT2D eigenvalue weighted by Crippen LogP contribution is -2.29. The lowest BCUT2D eigenvalue weighted by atomic mass is 9.64. The lowest BCUT2D eigenvalue weighted by molar-refractivity contribution is 0.669. The van der Waals surface area contributed by atoms with Gasteiger partial charge in [-0.1, -0.05) is 237 Å². The first-order valence-electron chi connectivity index (χ1n) is 28.2. The Morgan fingerprint density at radius 2 is 0.793 bits per heavy atom. The van der Waals surface area contributed by atoms with Crippen LogP contribution in [0.5, 0.6) is 0 Å². The average molecular weight is 1050 g/mol. The van der Waals surface area contributed by atoms with Crippen molar-refractivity contribution in [1.82, 2.24) is 0 Å². The van der Waals surface area contributed by atoms with Gasteiger partial charge < -0.3 is 18.6 Å². The molecule has 0 saturated heterocycles. The van der Waals surface area contributed by atoms with Crippen LogP contribution in [-0.4, -0.2) is 0 Å². The van der Waals surface area contributed by atoms with Crippen molar-refractivity contribution in [3.8, 4) is 0 Å². The number of hydrogen-bond donors (Lipinski definition) is 0. The third-order valence-electron chi connectivity index (χ3n) is 17.0. The number of furan rings is 2. The summed E-state index contributed by atoms with van der Waals surface area (Å²) in [7, 11) is 0. The molecular weight excluding hydrogens is 997 g/mol. The molecule has 13 aromatic carbocycles. The molecule has 2 heterocycles. The van der Waals surface area contributed by atoms with E-state index in [-0.39, 0.29) is 0 Å². The predicted octanol–water partition coefficient (Wildman–Crippen LogP) is 21.7. The van der Waals surface area contributed by atoms with E-state index in [9.17, 15) is 0 Å². The molecule has 0 bridgehead atoms. The van der Waals surface area contributed by atoms with E-state index in [1.165, 1.54) is 49.6 Å². The number of rotatable bonds is 10. The van der Waals surface area contributed by atoms with Crippen LogP contribution >= 0.6 is 0 Å². The predicted molar refractivity (Wildman–Crippen MR) is 344 cm³/mol. The summed E-state index contributed by atoms with van der Waals surface area (Å²) in [6.07, 6.45) is 4.53. The average Bonchev–Trinajstić information content (AvgIpc) is 2.56. The van der Waals surface area contributed by atoms with Crippen LogP contribution in [0, 0.1) is 0 Å². The van der Waals surface area contributed by atoms with Gasteiger partial charge in [0, 0.05) is 43.7 Å². The quantitative estimate of drug-likeness (QED) is 0.137. The summed E-state index contributed by atoms with van der Waals surface area (Å²) in [6.45, 7) is 2.14. The topological polar surface area (TPSA) is 32.8 Å². The highest BCUT2D eigenvalue weighted by Crippen LogP contribution is 2.61. The summed E-state index contributed by atoms with van der Waals surface area (Å²) >= 11 is 0. The van der Waals surface area contributed by atoms with Gasteiger partial charge in [0.2, 0.25) is 0 Å². The van der Waals surface area contributed by atoms with Crippen LogP contribution in [-0.2, 0) is 5.41 Å². The molecule has 0 aliphatic heterocycles. The Labute approximate surface area is 475 Å². The summed E-state index contributed by atoms with van der Waals surface area (Å²) in [5.74, 6) is 0. The first-order chi connectivity index (χ1) is 40.7. The Kier molecular flexibility index (Phi) is 11.0. The molecule has 0 fully saturated rings. The molecule has 1 aliphatic carbocycles. The number of anilines is 6. The summed E-state index contributed by atoms with van der Waals surface area (Å²) in [5.41, 5.74) is 17.2. The maximum absolute atomic E-state index is 6.83. The fraction of sp³-hybridized carbons (Fsp3) is 0.0256. The minimum absolute atomic E-state index is 0.750. The second kappa shape index (κ2) is 19.0. The number of benzene rings is 13. The van der Waals surface area contributed by atoms with Crippen molar-refractivity contribution >= 4 is 121 Å². The molecule has 4 nitrogen and oxygen atoms in total. The fourth-order valence-corrected chi connectivity index (χ4v) is 13.6. The van der Waals surface area contributed by atoms with E-state index in [4.69, 9.17) is 8.83 Å². The number of hydrogen-bond acceptors (Lipinski definition) is 4. The molecule has 386 valence electrons. The Balaban J connectivity index is 0.922. The molecule has 0 saturated carbocycles. The highest BCUT2D eigenvalue weighted by molar-refractivity contribution is 6.16. The van der Waals surface area contributed by atoms with E-state index in [2.05, 4.69) is 302 Å². The Morgan fingerprint density at radius 3 is 1.35 bits per heavy atom. The van der Waals surface area contributed by atoms with Crippen molar-refractivity contribution in [2.75, 3.05) is 9.80 Å².